The second-order valence-electron chi connectivity index (χ2n) is 10.3. The summed E-state index contributed by atoms with van der Waals surface area (Å²) >= 11 is 0. The number of hydrogen-bond acceptors (Lipinski definition) is 5. The van der Waals surface area contributed by atoms with Crippen molar-refractivity contribution in [2.75, 3.05) is 31.1 Å². The molecule has 1 amide bonds. The first kappa shape index (κ1) is 23.9. The van der Waals surface area contributed by atoms with Gasteiger partial charge in [0.1, 0.15) is 12.6 Å². The van der Waals surface area contributed by atoms with Crippen LogP contribution in [0.2, 0.25) is 0 Å². The van der Waals surface area contributed by atoms with Crippen LogP contribution in [0.15, 0.2) is 67.3 Å². The zero-order valence-corrected chi connectivity index (χ0v) is 20.8. The molecule has 6 rings (SSSR count). The highest BCUT2D eigenvalue weighted by molar-refractivity contribution is 5.93. The molecule has 1 spiro atoms. The van der Waals surface area contributed by atoms with E-state index in [9.17, 15) is 18.8 Å². The van der Waals surface area contributed by atoms with E-state index in [1.54, 1.807) is 30.0 Å². The van der Waals surface area contributed by atoms with Gasteiger partial charge >= 0.3 is 0 Å². The number of anilines is 1. The Hall–Kier alpha value is -4.52. The summed E-state index contributed by atoms with van der Waals surface area (Å²) in [6.45, 7) is 8.35. The molecular formula is C28H25F2N7O. The maximum Gasteiger partial charge on any atom is 0.257 e. The minimum atomic E-state index is -2.49. The molecule has 2 saturated heterocycles. The topological polar surface area (TPSA) is 82.5 Å². The molecule has 38 heavy (non-hydrogen) atoms. The third-order valence-electron chi connectivity index (χ3n) is 7.32. The zero-order chi connectivity index (χ0) is 26.6. The van der Waals surface area contributed by atoms with Crippen molar-refractivity contribution < 1.29 is 13.6 Å². The Balaban J connectivity index is 1.25. The van der Waals surface area contributed by atoms with Crippen LogP contribution in [-0.2, 0) is 11.3 Å². The van der Waals surface area contributed by atoms with E-state index in [0.29, 0.717) is 22.2 Å². The molecule has 0 bridgehead atoms. The second kappa shape index (κ2) is 8.80. The molecule has 192 valence electrons. The van der Waals surface area contributed by atoms with E-state index >= 15 is 0 Å². The van der Waals surface area contributed by atoms with Gasteiger partial charge in [-0.05, 0) is 30.7 Å². The van der Waals surface area contributed by atoms with Crippen LogP contribution >= 0.6 is 0 Å². The van der Waals surface area contributed by atoms with Gasteiger partial charge in [-0.2, -0.15) is 15.5 Å². The number of hydrogen-bond donors (Lipinski definition) is 0. The van der Waals surface area contributed by atoms with Crippen LogP contribution in [0.4, 0.5) is 14.5 Å². The van der Waals surface area contributed by atoms with Crippen molar-refractivity contribution in [3.8, 4) is 28.3 Å². The van der Waals surface area contributed by atoms with Crippen molar-refractivity contribution in [3.05, 3.63) is 72.8 Å². The molecule has 2 fully saturated rings. The van der Waals surface area contributed by atoms with Crippen LogP contribution in [0, 0.1) is 16.7 Å². The maximum atomic E-state index is 12.8. The number of nitrogens with zero attached hydrogens (tertiary/aromatic N) is 7. The summed E-state index contributed by atoms with van der Waals surface area (Å²) in [6, 6.07) is 12.3. The van der Waals surface area contributed by atoms with E-state index in [0.717, 1.165) is 48.6 Å². The third kappa shape index (κ3) is 4.00. The van der Waals surface area contributed by atoms with Gasteiger partial charge in [0.15, 0.2) is 0 Å². The summed E-state index contributed by atoms with van der Waals surface area (Å²) in [5.41, 5.74) is 6.14. The number of aromatic nitrogens is 4. The molecule has 4 aromatic rings. The van der Waals surface area contributed by atoms with Crippen molar-refractivity contribution in [2.24, 2.45) is 5.41 Å². The predicted octanol–water partition coefficient (Wildman–Crippen LogP) is 4.23. The average molecular weight is 514 g/mol. The monoisotopic (exact) mass is 513 g/mol. The Morgan fingerprint density at radius 2 is 1.82 bits per heavy atom. The van der Waals surface area contributed by atoms with Crippen molar-refractivity contribution in [1.82, 2.24) is 24.3 Å². The van der Waals surface area contributed by atoms with Crippen LogP contribution < -0.4 is 4.90 Å². The largest absolute Gasteiger partial charge is 0.370 e. The summed E-state index contributed by atoms with van der Waals surface area (Å²) in [5, 5.41) is 18.1. The van der Waals surface area contributed by atoms with Gasteiger partial charge in [-0.3, -0.25) is 9.48 Å². The lowest BCUT2D eigenvalue weighted by atomic mass is 9.72. The Morgan fingerprint density at radius 3 is 2.47 bits per heavy atom. The highest BCUT2D eigenvalue weighted by atomic mass is 19.3. The van der Waals surface area contributed by atoms with E-state index in [1.165, 1.54) is 10.9 Å². The smallest absolute Gasteiger partial charge is 0.257 e. The Bertz CT molecular complexity index is 1600. The highest BCUT2D eigenvalue weighted by Gasteiger charge is 2.53. The van der Waals surface area contributed by atoms with Gasteiger partial charge in [0.25, 0.3) is 6.43 Å². The fraction of sp³-hybridized carbons (Fsp3) is 0.286. The molecule has 0 aliphatic carbocycles. The number of carbonyl (C=O) groups is 1. The summed E-state index contributed by atoms with van der Waals surface area (Å²) in [4.78, 5) is 16.3. The first-order valence-corrected chi connectivity index (χ1v) is 12.3. The lowest BCUT2D eigenvalue weighted by molar-refractivity contribution is -0.140. The molecule has 2 aliphatic heterocycles. The van der Waals surface area contributed by atoms with Gasteiger partial charge in [-0.25, -0.2) is 13.3 Å². The Morgan fingerprint density at radius 1 is 1.08 bits per heavy atom. The van der Waals surface area contributed by atoms with Gasteiger partial charge in [-0.1, -0.05) is 18.7 Å². The Labute approximate surface area is 218 Å². The number of carbonyl (C=O) groups excluding carboxylic acids is 1. The minimum absolute atomic E-state index is 0.0324. The molecule has 5 heterocycles. The van der Waals surface area contributed by atoms with Crippen LogP contribution in [0.1, 0.15) is 12.5 Å². The highest BCUT2D eigenvalue weighted by Crippen LogP contribution is 2.43. The van der Waals surface area contributed by atoms with Gasteiger partial charge in [0.2, 0.25) is 5.91 Å². The van der Waals surface area contributed by atoms with Crippen molar-refractivity contribution in [2.45, 2.75) is 19.9 Å². The molecule has 0 saturated carbocycles. The van der Waals surface area contributed by atoms with Gasteiger partial charge in [0, 0.05) is 71.9 Å². The van der Waals surface area contributed by atoms with Gasteiger partial charge < -0.3 is 9.80 Å². The summed E-state index contributed by atoms with van der Waals surface area (Å²) < 4.78 is 28.5. The number of halogens is 2. The number of amides is 1. The van der Waals surface area contributed by atoms with E-state index in [1.807, 2.05) is 23.1 Å². The number of alkyl halides is 2. The van der Waals surface area contributed by atoms with Crippen molar-refractivity contribution in [3.63, 3.8) is 0 Å². The second-order valence-corrected chi connectivity index (χ2v) is 10.3. The van der Waals surface area contributed by atoms with Crippen LogP contribution in [0.25, 0.3) is 27.8 Å². The summed E-state index contributed by atoms with van der Waals surface area (Å²) in [5.74, 6) is 0.0324. The maximum absolute atomic E-state index is 12.8. The predicted molar refractivity (Wildman–Crippen MR) is 139 cm³/mol. The minimum Gasteiger partial charge on any atom is -0.370 e. The molecule has 0 unspecified atom stereocenters. The summed E-state index contributed by atoms with van der Waals surface area (Å²) in [7, 11) is 0. The van der Waals surface area contributed by atoms with Gasteiger partial charge in [0.05, 0.1) is 23.5 Å². The normalized spacial score (nSPS) is 16.0. The fourth-order valence-corrected chi connectivity index (χ4v) is 5.51. The molecule has 8 nitrogen and oxygen atoms in total. The molecule has 10 heteroatoms. The SMILES string of the molecule is C=C(C)C(=O)N1CC2(C1)CN(c1ccc(-c3cc(-c4cnn(CC(F)F)c4)cn4ncc(C#N)c34)cc1)C2. The van der Waals surface area contributed by atoms with E-state index in [4.69, 9.17) is 0 Å². The first-order chi connectivity index (χ1) is 18.2. The number of rotatable bonds is 6. The van der Waals surface area contributed by atoms with Crippen molar-refractivity contribution >= 4 is 17.1 Å². The van der Waals surface area contributed by atoms with E-state index < -0.39 is 13.0 Å². The number of fused-ring (bicyclic) bond motifs is 1. The van der Waals surface area contributed by atoms with E-state index in [2.05, 4.69) is 39.9 Å². The van der Waals surface area contributed by atoms with Gasteiger partial charge in [-0.15, -0.1) is 0 Å². The van der Waals surface area contributed by atoms with Crippen LogP contribution in [0.5, 0.6) is 0 Å². The molecular weight excluding hydrogens is 488 g/mol. The molecule has 0 radical (unpaired) electrons. The first-order valence-electron chi connectivity index (χ1n) is 12.3. The molecule has 0 atom stereocenters. The number of benzene rings is 1. The Kier molecular flexibility index (Phi) is 5.52. The molecule has 2 aliphatic rings. The average Bonchev–Trinajstić information content (AvgIpc) is 3.48. The number of pyridine rings is 1. The van der Waals surface area contributed by atoms with Crippen LogP contribution in [0.3, 0.4) is 0 Å². The van der Waals surface area contributed by atoms with Crippen LogP contribution in [-0.4, -0.2) is 62.8 Å². The molecule has 3 aromatic heterocycles. The number of likely N-dealkylation sites (tertiary alicyclic amines) is 1. The lowest BCUT2D eigenvalue weighted by Crippen LogP contribution is -2.73. The summed E-state index contributed by atoms with van der Waals surface area (Å²) in [6.07, 6.45) is 3.94. The molecule has 0 N–H and O–H groups in total. The zero-order valence-electron chi connectivity index (χ0n) is 20.8. The van der Waals surface area contributed by atoms with Crippen molar-refractivity contribution in [1.29, 1.82) is 5.26 Å². The standard InChI is InChI=1S/C28H25F2N7O/c1-18(2)27(38)35-16-28(17-35)14-34(15-28)23-5-3-19(4-6-23)24-7-20(12-37-26(24)21(8-31)9-33-37)22-10-32-36(11-22)13-25(29)30/h3-7,9-12,25H,1,13-17H2,2H3. The lowest BCUT2D eigenvalue weighted by Gasteiger charge is -2.61. The van der Waals surface area contributed by atoms with E-state index in [-0.39, 0.29) is 11.3 Å². The molecule has 1 aromatic carbocycles. The quantitative estimate of drug-likeness (QED) is 0.361. The number of nitriles is 1. The fourth-order valence-electron chi connectivity index (χ4n) is 5.51. The third-order valence-corrected chi connectivity index (χ3v) is 7.32.